The number of ketones is 1. The third-order valence-corrected chi connectivity index (χ3v) is 3.57. The lowest BCUT2D eigenvalue weighted by atomic mass is 10.1. The van der Waals surface area contributed by atoms with Gasteiger partial charge in [0, 0.05) is 16.1 Å². The number of esters is 1. The van der Waals surface area contributed by atoms with Crippen molar-refractivity contribution in [3.63, 3.8) is 0 Å². The molecule has 0 saturated carbocycles. The Balaban J connectivity index is 1.85. The maximum Gasteiger partial charge on any atom is 0.331 e. The van der Waals surface area contributed by atoms with Gasteiger partial charge in [0.25, 0.3) is 0 Å². The molecule has 0 radical (unpaired) electrons. The number of benzene rings is 2. The van der Waals surface area contributed by atoms with E-state index in [9.17, 15) is 9.59 Å². The molecule has 118 valence electrons. The standard InChI is InChI=1S/C18H15BrO4/c1-22-16-9-5-14(6-10-16)17(20)12-23-18(21)11-4-13-2-7-15(19)8-3-13/h2-11H,12H2,1H3/b11-4+. The van der Waals surface area contributed by atoms with Crippen molar-refractivity contribution in [2.75, 3.05) is 13.7 Å². The van der Waals surface area contributed by atoms with Crippen molar-refractivity contribution >= 4 is 33.8 Å². The lowest BCUT2D eigenvalue weighted by Crippen LogP contribution is -2.12. The summed E-state index contributed by atoms with van der Waals surface area (Å²) in [6.45, 7) is -0.296. The van der Waals surface area contributed by atoms with E-state index in [1.807, 2.05) is 24.3 Å². The zero-order chi connectivity index (χ0) is 16.7. The Kier molecular flexibility index (Phi) is 6.11. The van der Waals surface area contributed by atoms with E-state index in [4.69, 9.17) is 9.47 Å². The van der Waals surface area contributed by atoms with Gasteiger partial charge in [-0.3, -0.25) is 4.79 Å². The van der Waals surface area contributed by atoms with E-state index in [2.05, 4.69) is 15.9 Å². The molecule has 0 aliphatic rings. The molecule has 0 spiro atoms. The summed E-state index contributed by atoms with van der Waals surface area (Å²) in [5, 5.41) is 0. The molecule has 0 heterocycles. The minimum absolute atomic E-state index is 0.266. The average Bonchev–Trinajstić information content (AvgIpc) is 2.59. The smallest absolute Gasteiger partial charge is 0.331 e. The first-order valence-electron chi connectivity index (χ1n) is 6.86. The summed E-state index contributed by atoms with van der Waals surface area (Å²) in [7, 11) is 1.55. The van der Waals surface area contributed by atoms with Crippen LogP contribution in [-0.4, -0.2) is 25.5 Å². The lowest BCUT2D eigenvalue weighted by molar-refractivity contribution is -0.136. The normalized spacial score (nSPS) is 10.5. The summed E-state index contributed by atoms with van der Waals surface area (Å²) < 4.78 is 10.9. The van der Waals surface area contributed by atoms with Gasteiger partial charge in [-0.1, -0.05) is 28.1 Å². The van der Waals surface area contributed by atoms with Gasteiger partial charge in [-0.15, -0.1) is 0 Å². The molecule has 0 atom stereocenters. The molecule has 5 heteroatoms. The highest BCUT2D eigenvalue weighted by molar-refractivity contribution is 9.10. The monoisotopic (exact) mass is 374 g/mol. The third kappa shape index (κ3) is 5.38. The number of halogens is 1. The van der Waals surface area contributed by atoms with E-state index >= 15 is 0 Å². The fourth-order valence-corrected chi connectivity index (χ4v) is 2.05. The molecule has 0 aliphatic heterocycles. The van der Waals surface area contributed by atoms with Gasteiger partial charge in [0.2, 0.25) is 0 Å². The van der Waals surface area contributed by atoms with Crippen molar-refractivity contribution in [1.82, 2.24) is 0 Å². The van der Waals surface area contributed by atoms with Gasteiger partial charge in [0.1, 0.15) is 5.75 Å². The van der Waals surface area contributed by atoms with E-state index in [0.717, 1.165) is 10.0 Å². The maximum absolute atomic E-state index is 11.9. The summed E-state index contributed by atoms with van der Waals surface area (Å²) in [6, 6.07) is 14.1. The highest BCUT2D eigenvalue weighted by Gasteiger charge is 2.08. The molecule has 0 amide bonds. The van der Waals surface area contributed by atoms with Gasteiger partial charge in [-0.05, 0) is 48.0 Å². The molecule has 0 N–H and O–H groups in total. The molecule has 0 unspecified atom stereocenters. The topological polar surface area (TPSA) is 52.6 Å². The summed E-state index contributed by atoms with van der Waals surface area (Å²) in [5.41, 5.74) is 1.34. The number of methoxy groups -OCH3 is 1. The van der Waals surface area contributed by atoms with Gasteiger partial charge in [-0.25, -0.2) is 4.79 Å². The molecular weight excluding hydrogens is 360 g/mol. The molecule has 0 aliphatic carbocycles. The molecule has 0 aromatic heterocycles. The van der Waals surface area contributed by atoms with Crippen LogP contribution in [0.1, 0.15) is 15.9 Å². The summed E-state index contributed by atoms with van der Waals surface area (Å²) in [4.78, 5) is 23.5. The molecular formula is C18H15BrO4. The molecule has 4 nitrogen and oxygen atoms in total. The van der Waals surface area contributed by atoms with Gasteiger partial charge in [0.15, 0.2) is 12.4 Å². The van der Waals surface area contributed by atoms with Crippen LogP contribution >= 0.6 is 15.9 Å². The van der Waals surface area contributed by atoms with Crippen molar-refractivity contribution in [3.05, 3.63) is 70.2 Å². The Morgan fingerprint density at radius 3 is 2.30 bits per heavy atom. The number of Topliss-reactive ketones (excluding diaryl/α,β-unsaturated/α-hetero) is 1. The Hall–Kier alpha value is -2.40. The minimum atomic E-state index is -0.560. The molecule has 0 bridgehead atoms. The average molecular weight is 375 g/mol. The van der Waals surface area contributed by atoms with E-state index in [1.54, 1.807) is 37.5 Å². The van der Waals surface area contributed by atoms with E-state index in [-0.39, 0.29) is 12.4 Å². The molecule has 2 rings (SSSR count). The largest absolute Gasteiger partial charge is 0.497 e. The Morgan fingerprint density at radius 2 is 1.70 bits per heavy atom. The van der Waals surface area contributed by atoms with Gasteiger partial charge < -0.3 is 9.47 Å². The van der Waals surface area contributed by atoms with Crippen LogP contribution in [0.3, 0.4) is 0 Å². The summed E-state index contributed by atoms with van der Waals surface area (Å²) in [5.74, 6) is -0.163. The predicted molar refractivity (Wildman–Crippen MR) is 91.5 cm³/mol. The zero-order valence-corrected chi connectivity index (χ0v) is 14.1. The van der Waals surface area contributed by atoms with Crippen LogP contribution in [0.5, 0.6) is 5.75 Å². The first-order chi connectivity index (χ1) is 11.1. The van der Waals surface area contributed by atoms with E-state index in [0.29, 0.717) is 11.3 Å². The van der Waals surface area contributed by atoms with Crippen LogP contribution in [-0.2, 0) is 9.53 Å². The van der Waals surface area contributed by atoms with Crippen LogP contribution in [0.25, 0.3) is 6.08 Å². The Morgan fingerprint density at radius 1 is 1.04 bits per heavy atom. The number of carbonyl (C=O) groups is 2. The van der Waals surface area contributed by atoms with Gasteiger partial charge in [-0.2, -0.15) is 0 Å². The fourth-order valence-electron chi connectivity index (χ4n) is 1.78. The quantitative estimate of drug-likeness (QED) is 0.437. The second-order valence-corrected chi connectivity index (χ2v) is 5.56. The van der Waals surface area contributed by atoms with Crippen LogP contribution in [0.4, 0.5) is 0 Å². The molecule has 2 aromatic rings. The molecule has 23 heavy (non-hydrogen) atoms. The SMILES string of the molecule is COc1ccc(C(=O)COC(=O)/C=C/c2ccc(Br)cc2)cc1. The first kappa shape index (κ1) is 17.0. The molecule has 0 fully saturated rings. The van der Waals surface area contributed by atoms with Crippen LogP contribution in [0.15, 0.2) is 59.1 Å². The number of hydrogen-bond acceptors (Lipinski definition) is 4. The maximum atomic E-state index is 11.9. The highest BCUT2D eigenvalue weighted by Crippen LogP contribution is 2.13. The number of hydrogen-bond donors (Lipinski definition) is 0. The molecule has 2 aromatic carbocycles. The van der Waals surface area contributed by atoms with Crippen LogP contribution in [0.2, 0.25) is 0 Å². The van der Waals surface area contributed by atoms with Gasteiger partial charge in [0.05, 0.1) is 7.11 Å². The van der Waals surface area contributed by atoms with Crippen molar-refractivity contribution in [1.29, 1.82) is 0 Å². The van der Waals surface area contributed by atoms with Crippen molar-refractivity contribution in [2.45, 2.75) is 0 Å². The summed E-state index contributed by atoms with van der Waals surface area (Å²) in [6.07, 6.45) is 2.93. The number of carbonyl (C=O) groups excluding carboxylic acids is 2. The fraction of sp³-hybridized carbons (Fsp3) is 0.111. The van der Waals surface area contributed by atoms with Crippen LogP contribution < -0.4 is 4.74 Å². The predicted octanol–water partition coefficient (Wildman–Crippen LogP) is 3.90. The second-order valence-electron chi connectivity index (χ2n) is 4.64. The van der Waals surface area contributed by atoms with E-state index < -0.39 is 5.97 Å². The lowest BCUT2D eigenvalue weighted by Gasteiger charge is -2.03. The third-order valence-electron chi connectivity index (χ3n) is 3.04. The summed E-state index contributed by atoms with van der Waals surface area (Å²) >= 11 is 3.34. The van der Waals surface area contributed by atoms with Crippen molar-refractivity contribution in [2.24, 2.45) is 0 Å². The second kappa shape index (κ2) is 8.29. The Bertz CT molecular complexity index is 703. The zero-order valence-electron chi connectivity index (χ0n) is 12.5. The van der Waals surface area contributed by atoms with Gasteiger partial charge >= 0.3 is 5.97 Å². The van der Waals surface area contributed by atoms with E-state index in [1.165, 1.54) is 6.08 Å². The number of ether oxygens (including phenoxy) is 2. The molecule has 0 saturated heterocycles. The minimum Gasteiger partial charge on any atom is -0.497 e. The Labute approximate surface area is 142 Å². The highest BCUT2D eigenvalue weighted by atomic mass is 79.9. The van der Waals surface area contributed by atoms with Crippen molar-refractivity contribution in [3.8, 4) is 5.75 Å². The van der Waals surface area contributed by atoms with Crippen molar-refractivity contribution < 1.29 is 19.1 Å². The number of rotatable bonds is 6. The first-order valence-corrected chi connectivity index (χ1v) is 7.65. The van der Waals surface area contributed by atoms with Crippen LogP contribution in [0, 0.1) is 0 Å².